The largest absolute Gasteiger partial charge is 0.461 e. The van der Waals surface area contributed by atoms with E-state index in [0.29, 0.717) is 13.0 Å². The Balaban J connectivity index is 2.04. The van der Waals surface area contributed by atoms with Crippen LogP contribution in [-0.4, -0.2) is 12.6 Å². The average molecular weight is 210 g/mol. The molecule has 0 aromatic carbocycles. The van der Waals surface area contributed by atoms with Crippen LogP contribution in [0.1, 0.15) is 51.9 Å². The van der Waals surface area contributed by atoms with Crippen LogP contribution in [0.25, 0.3) is 0 Å². The van der Waals surface area contributed by atoms with Crippen LogP contribution in [0.15, 0.2) is 12.2 Å². The van der Waals surface area contributed by atoms with Crippen molar-refractivity contribution in [1.82, 2.24) is 0 Å². The standard InChI is InChI=1S/C13H22O2/c1-2-3-11-15-13(14)10-9-12-7-5-4-6-8-12/h2-3,12H,4-11H2,1H3. The van der Waals surface area contributed by atoms with Gasteiger partial charge in [-0.3, -0.25) is 4.79 Å². The fraction of sp³-hybridized carbons (Fsp3) is 0.769. The Bertz CT molecular complexity index is 203. The highest BCUT2D eigenvalue weighted by Gasteiger charge is 2.14. The van der Waals surface area contributed by atoms with Gasteiger partial charge in [0.1, 0.15) is 6.61 Å². The molecule has 0 bridgehead atoms. The average Bonchev–Trinajstić information content (AvgIpc) is 2.28. The van der Waals surface area contributed by atoms with E-state index < -0.39 is 0 Å². The van der Waals surface area contributed by atoms with Gasteiger partial charge in [0.15, 0.2) is 0 Å². The molecule has 1 fully saturated rings. The first-order valence-electron chi connectivity index (χ1n) is 6.09. The molecule has 0 saturated heterocycles. The van der Waals surface area contributed by atoms with Gasteiger partial charge in [-0.25, -0.2) is 0 Å². The fourth-order valence-electron chi connectivity index (χ4n) is 2.11. The van der Waals surface area contributed by atoms with Gasteiger partial charge in [-0.15, -0.1) is 0 Å². The van der Waals surface area contributed by atoms with Gasteiger partial charge < -0.3 is 4.74 Å². The van der Waals surface area contributed by atoms with E-state index in [1.165, 1.54) is 32.1 Å². The SMILES string of the molecule is CC=CCOC(=O)CCC1CCCCC1. The topological polar surface area (TPSA) is 26.3 Å². The van der Waals surface area contributed by atoms with Crippen LogP contribution in [0.3, 0.4) is 0 Å². The van der Waals surface area contributed by atoms with E-state index in [4.69, 9.17) is 4.74 Å². The van der Waals surface area contributed by atoms with Crippen molar-refractivity contribution in [3.8, 4) is 0 Å². The van der Waals surface area contributed by atoms with Crippen molar-refractivity contribution in [3.63, 3.8) is 0 Å². The Hall–Kier alpha value is -0.790. The molecule has 2 nitrogen and oxygen atoms in total. The molecule has 0 aliphatic heterocycles. The molecule has 2 heteroatoms. The Morgan fingerprint density at radius 1 is 1.33 bits per heavy atom. The highest BCUT2D eigenvalue weighted by molar-refractivity contribution is 5.69. The summed E-state index contributed by atoms with van der Waals surface area (Å²) in [5.74, 6) is 0.728. The van der Waals surface area contributed by atoms with Crippen molar-refractivity contribution in [2.45, 2.75) is 51.9 Å². The number of allylic oxidation sites excluding steroid dienone is 1. The number of hydrogen-bond donors (Lipinski definition) is 0. The minimum Gasteiger partial charge on any atom is -0.461 e. The van der Waals surface area contributed by atoms with Crippen LogP contribution in [0.2, 0.25) is 0 Å². The molecule has 0 aromatic heterocycles. The van der Waals surface area contributed by atoms with Crippen LogP contribution in [0.5, 0.6) is 0 Å². The molecule has 1 aliphatic carbocycles. The molecule has 0 heterocycles. The third-order valence-corrected chi connectivity index (χ3v) is 3.06. The zero-order valence-electron chi connectivity index (χ0n) is 9.71. The van der Waals surface area contributed by atoms with Gasteiger partial charge in [0.2, 0.25) is 0 Å². The molecule has 1 rings (SSSR count). The number of carbonyl (C=O) groups is 1. The molecule has 0 spiro atoms. The zero-order chi connectivity index (χ0) is 10.9. The molecular formula is C13H22O2. The number of ether oxygens (including phenoxy) is 1. The summed E-state index contributed by atoms with van der Waals surface area (Å²) in [6, 6.07) is 0. The molecule has 86 valence electrons. The van der Waals surface area contributed by atoms with E-state index in [2.05, 4.69) is 0 Å². The van der Waals surface area contributed by atoms with Crippen molar-refractivity contribution in [1.29, 1.82) is 0 Å². The van der Waals surface area contributed by atoms with Gasteiger partial charge in [0.05, 0.1) is 0 Å². The molecule has 1 aliphatic rings. The lowest BCUT2D eigenvalue weighted by Gasteiger charge is -2.20. The minimum absolute atomic E-state index is 0.0429. The highest BCUT2D eigenvalue weighted by atomic mass is 16.5. The summed E-state index contributed by atoms with van der Waals surface area (Å²) in [5, 5.41) is 0. The van der Waals surface area contributed by atoms with Crippen molar-refractivity contribution < 1.29 is 9.53 Å². The van der Waals surface area contributed by atoms with Gasteiger partial charge in [-0.05, 0) is 19.3 Å². The zero-order valence-corrected chi connectivity index (χ0v) is 9.71. The van der Waals surface area contributed by atoms with Crippen molar-refractivity contribution in [3.05, 3.63) is 12.2 Å². The summed E-state index contributed by atoms with van der Waals surface area (Å²) in [6.07, 6.45) is 12.1. The van der Waals surface area contributed by atoms with Crippen molar-refractivity contribution in [2.24, 2.45) is 5.92 Å². The Morgan fingerprint density at radius 2 is 2.07 bits per heavy atom. The number of hydrogen-bond acceptors (Lipinski definition) is 2. The van der Waals surface area contributed by atoms with Gasteiger partial charge in [0, 0.05) is 6.42 Å². The second-order valence-electron chi connectivity index (χ2n) is 4.29. The summed E-state index contributed by atoms with van der Waals surface area (Å²) in [6.45, 7) is 2.36. The maximum atomic E-state index is 11.3. The number of carbonyl (C=O) groups excluding carboxylic acids is 1. The van der Waals surface area contributed by atoms with E-state index in [-0.39, 0.29) is 5.97 Å². The van der Waals surface area contributed by atoms with Gasteiger partial charge >= 0.3 is 5.97 Å². The second kappa shape index (κ2) is 7.49. The molecule has 0 radical (unpaired) electrons. The van der Waals surface area contributed by atoms with Crippen LogP contribution in [-0.2, 0) is 9.53 Å². The van der Waals surface area contributed by atoms with Gasteiger partial charge in [-0.2, -0.15) is 0 Å². The first kappa shape index (κ1) is 12.3. The molecule has 0 amide bonds. The molecule has 1 saturated carbocycles. The Labute approximate surface area is 92.7 Å². The van der Waals surface area contributed by atoms with Gasteiger partial charge in [0.25, 0.3) is 0 Å². The van der Waals surface area contributed by atoms with Gasteiger partial charge in [-0.1, -0.05) is 44.3 Å². The van der Waals surface area contributed by atoms with E-state index >= 15 is 0 Å². The summed E-state index contributed by atoms with van der Waals surface area (Å²) in [4.78, 5) is 11.3. The van der Waals surface area contributed by atoms with E-state index in [1.807, 2.05) is 19.1 Å². The third-order valence-electron chi connectivity index (χ3n) is 3.06. The maximum Gasteiger partial charge on any atom is 0.306 e. The Kier molecular flexibility index (Phi) is 6.14. The predicted octanol–water partition coefficient (Wildman–Crippen LogP) is 3.47. The second-order valence-corrected chi connectivity index (χ2v) is 4.29. The lowest BCUT2D eigenvalue weighted by Crippen LogP contribution is -2.10. The van der Waals surface area contributed by atoms with Crippen molar-refractivity contribution >= 4 is 5.97 Å². The summed E-state index contributed by atoms with van der Waals surface area (Å²) < 4.78 is 5.05. The Morgan fingerprint density at radius 3 is 2.73 bits per heavy atom. The minimum atomic E-state index is -0.0429. The van der Waals surface area contributed by atoms with E-state index in [0.717, 1.165) is 12.3 Å². The maximum absolute atomic E-state index is 11.3. The monoisotopic (exact) mass is 210 g/mol. The summed E-state index contributed by atoms with van der Waals surface area (Å²) in [5.41, 5.74) is 0. The molecule has 0 aromatic rings. The first-order chi connectivity index (χ1) is 7.33. The van der Waals surface area contributed by atoms with Crippen LogP contribution in [0.4, 0.5) is 0 Å². The van der Waals surface area contributed by atoms with Crippen LogP contribution >= 0.6 is 0 Å². The lowest BCUT2D eigenvalue weighted by molar-refractivity contribution is -0.142. The first-order valence-corrected chi connectivity index (χ1v) is 6.09. The molecule has 0 N–H and O–H groups in total. The molecule has 0 atom stereocenters. The van der Waals surface area contributed by atoms with Crippen molar-refractivity contribution in [2.75, 3.05) is 6.61 Å². The number of rotatable bonds is 5. The van der Waals surface area contributed by atoms with Crippen LogP contribution in [0, 0.1) is 5.92 Å². The number of esters is 1. The molecular weight excluding hydrogens is 188 g/mol. The smallest absolute Gasteiger partial charge is 0.306 e. The summed E-state index contributed by atoms with van der Waals surface area (Å²) in [7, 11) is 0. The van der Waals surface area contributed by atoms with E-state index in [1.54, 1.807) is 0 Å². The quantitative estimate of drug-likeness (QED) is 0.513. The lowest BCUT2D eigenvalue weighted by atomic mass is 9.86. The highest BCUT2D eigenvalue weighted by Crippen LogP contribution is 2.27. The predicted molar refractivity (Wildman–Crippen MR) is 61.6 cm³/mol. The van der Waals surface area contributed by atoms with E-state index in [9.17, 15) is 4.79 Å². The van der Waals surface area contributed by atoms with Crippen LogP contribution < -0.4 is 0 Å². The molecule has 0 unspecified atom stereocenters. The fourth-order valence-corrected chi connectivity index (χ4v) is 2.11. The summed E-state index contributed by atoms with van der Waals surface area (Å²) >= 11 is 0. The normalized spacial score (nSPS) is 18.2. The molecule has 15 heavy (non-hydrogen) atoms. The third kappa shape index (κ3) is 5.60.